The Hall–Kier alpha value is -1.95. The van der Waals surface area contributed by atoms with E-state index < -0.39 is 0 Å². The fourth-order valence-electron chi connectivity index (χ4n) is 1.35. The normalized spacial score (nSPS) is 10.5. The predicted octanol–water partition coefficient (Wildman–Crippen LogP) is 0.935. The first-order valence-electron chi connectivity index (χ1n) is 5.19. The summed E-state index contributed by atoms with van der Waals surface area (Å²) in [7, 11) is 3.45. The summed E-state index contributed by atoms with van der Waals surface area (Å²) < 4.78 is 12.2. The van der Waals surface area contributed by atoms with Crippen molar-refractivity contribution in [1.82, 2.24) is 19.7 Å². The van der Waals surface area contributed by atoms with Crippen molar-refractivity contribution in [2.75, 3.05) is 7.11 Å². The summed E-state index contributed by atoms with van der Waals surface area (Å²) >= 11 is 0. The van der Waals surface area contributed by atoms with E-state index in [1.54, 1.807) is 30.4 Å². The van der Waals surface area contributed by atoms with Crippen LogP contribution in [0.1, 0.15) is 11.5 Å². The van der Waals surface area contributed by atoms with Crippen LogP contribution in [-0.4, -0.2) is 26.9 Å². The van der Waals surface area contributed by atoms with Crippen LogP contribution in [-0.2, 0) is 25.0 Å². The van der Waals surface area contributed by atoms with E-state index in [1.807, 2.05) is 13.1 Å². The molecule has 17 heavy (non-hydrogen) atoms. The second kappa shape index (κ2) is 5.40. The summed E-state index contributed by atoms with van der Waals surface area (Å²) in [5, 5.41) is 4.01. The van der Waals surface area contributed by atoms with Gasteiger partial charge in [-0.1, -0.05) is 0 Å². The van der Waals surface area contributed by atoms with Crippen molar-refractivity contribution in [3.8, 4) is 5.75 Å². The quantitative estimate of drug-likeness (QED) is 0.770. The third-order valence-electron chi connectivity index (χ3n) is 2.10. The van der Waals surface area contributed by atoms with Crippen molar-refractivity contribution in [2.24, 2.45) is 7.05 Å². The fraction of sp³-hybridized carbons (Fsp3) is 0.364. The van der Waals surface area contributed by atoms with Crippen LogP contribution in [0, 0.1) is 0 Å². The Morgan fingerprint density at radius 3 is 2.94 bits per heavy atom. The van der Waals surface area contributed by atoms with E-state index in [4.69, 9.17) is 9.47 Å². The number of nitrogens with zero attached hydrogens (tertiary/aromatic N) is 4. The molecule has 6 heteroatoms. The monoisotopic (exact) mass is 234 g/mol. The molecule has 0 bridgehead atoms. The molecule has 2 aromatic rings. The van der Waals surface area contributed by atoms with Crippen LogP contribution < -0.4 is 4.74 Å². The SMILES string of the molecule is COCc1nccc(COc2cnn(C)c2)n1. The largest absolute Gasteiger partial charge is 0.484 e. The number of ether oxygens (including phenoxy) is 2. The highest BCUT2D eigenvalue weighted by molar-refractivity contribution is 5.12. The topological polar surface area (TPSA) is 62.1 Å². The molecule has 0 aliphatic carbocycles. The number of rotatable bonds is 5. The zero-order valence-electron chi connectivity index (χ0n) is 9.83. The molecule has 2 rings (SSSR count). The van der Waals surface area contributed by atoms with Gasteiger partial charge in [0.15, 0.2) is 11.6 Å². The molecule has 0 aromatic carbocycles. The first-order valence-corrected chi connectivity index (χ1v) is 5.19. The fourth-order valence-corrected chi connectivity index (χ4v) is 1.35. The average Bonchev–Trinajstić information content (AvgIpc) is 2.74. The van der Waals surface area contributed by atoms with Crippen LogP contribution in [0.5, 0.6) is 5.75 Å². The van der Waals surface area contributed by atoms with Gasteiger partial charge in [-0.3, -0.25) is 4.68 Å². The Morgan fingerprint density at radius 2 is 2.24 bits per heavy atom. The summed E-state index contributed by atoms with van der Waals surface area (Å²) in [6.07, 6.45) is 5.16. The van der Waals surface area contributed by atoms with Gasteiger partial charge >= 0.3 is 0 Å². The lowest BCUT2D eigenvalue weighted by Gasteiger charge is -2.04. The highest BCUT2D eigenvalue weighted by Gasteiger charge is 2.01. The van der Waals surface area contributed by atoms with Gasteiger partial charge in [0.2, 0.25) is 0 Å². The van der Waals surface area contributed by atoms with E-state index >= 15 is 0 Å². The van der Waals surface area contributed by atoms with E-state index in [9.17, 15) is 0 Å². The van der Waals surface area contributed by atoms with Gasteiger partial charge in [-0.05, 0) is 6.07 Å². The highest BCUT2D eigenvalue weighted by Crippen LogP contribution is 2.09. The molecule has 6 nitrogen and oxygen atoms in total. The molecule has 2 heterocycles. The Bertz CT molecular complexity index is 484. The lowest BCUT2D eigenvalue weighted by molar-refractivity contribution is 0.177. The van der Waals surface area contributed by atoms with E-state index in [0.29, 0.717) is 19.0 Å². The Kier molecular flexibility index (Phi) is 3.66. The number of hydrogen-bond donors (Lipinski definition) is 0. The van der Waals surface area contributed by atoms with Crippen molar-refractivity contribution in [2.45, 2.75) is 13.2 Å². The molecule has 0 fully saturated rings. The maximum Gasteiger partial charge on any atom is 0.157 e. The molecule has 0 unspecified atom stereocenters. The van der Waals surface area contributed by atoms with Gasteiger partial charge in [-0.25, -0.2) is 9.97 Å². The van der Waals surface area contributed by atoms with Crippen LogP contribution in [0.2, 0.25) is 0 Å². The number of hydrogen-bond acceptors (Lipinski definition) is 5. The second-order valence-corrected chi connectivity index (χ2v) is 3.54. The minimum absolute atomic E-state index is 0.394. The smallest absolute Gasteiger partial charge is 0.157 e. The Labute approximate surface area is 99.2 Å². The predicted molar refractivity (Wildman–Crippen MR) is 60.3 cm³/mol. The Morgan fingerprint density at radius 1 is 1.35 bits per heavy atom. The number of aryl methyl sites for hydroxylation is 1. The molecule has 0 aliphatic heterocycles. The molecular formula is C11H14N4O2. The molecule has 0 spiro atoms. The van der Waals surface area contributed by atoms with Gasteiger partial charge in [-0.15, -0.1) is 0 Å². The molecule has 90 valence electrons. The minimum atomic E-state index is 0.394. The van der Waals surface area contributed by atoms with Crippen molar-refractivity contribution < 1.29 is 9.47 Å². The molecule has 0 atom stereocenters. The lowest BCUT2D eigenvalue weighted by Crippen LogP contribution is -2.03. The summed E-state index contributed by atoms with van der Waals surface area (Å²) in [5.74, 6) is 1.37. The van der Waals surface area contributed by atoms with Crippen molar-refractivity contribution in [3.63, 3.8) is 0 Å². The van der Waals surface area contributed by atoms with Gasteiger partial charge < -0.3 is 9.47 Å². The van der Waals surface area contributed by atoms with E-state index in [-0.39, 0.29) is 0 Å². The lowest BCUT2D eigenvalue weighted by atomic mass is 10.4. The first-order chi connectivity index (χ1) is 8.28. The minimum Gasteiger partial charge on any atom is -0.484 e. The third-order valence-corrected chi connectivity index (χ3v) is 2.10. The van der Waals surface area contributed by atoms with Gasteiger partial charge in [0.1, 0.15) is 13.2 Å². The number of aromatic nitrogens is 4. The molecule has 0 saturated carbocycles. The second-order valence-electron chi connectivity index (χ2n) is 3.54. The zero-order valence-corrected chi connectivity index (χ0v) is 9.83. The van der Waals surface area contributed by atoms with E-state index in [2.05, 4.69) is 15.1 Å². The van der Waals surface area contributed by atoms with Crippen LogP contribution >= 0.6 is 0 Å². The summed E-state index contributed by atoms with van der Waals surface area (Å²) in [6.45, 7) is 0.797. The van der Waals surface area contributed by atoms with Gasteiger partial charge in [0.05, 0.1) is 18.1 Å². The van der Waals surface area contributed by atoms with E-state index in [1.165, 1.54) is 0 Å². The van der Waals surface area contributed by atoms with Crippen LogP contribution in [0.4, 0.5) is 0 Å². The molecule has 0 radical (unpaired) electrons. The molecule has 0 amide bonds. The average molecular weight is 234 g/mol. The summed E-state index contributed by atoms with van der Waals surface area (Å²) in [6, 6.07) is 1.82. The standard InChI is InChI=1S/C11H14N4O2/c1-15-6-10(5-13-15)17-7-9-3-4-12-11(14-9)8-16-2/h3-6H,7-8H2,1-2H3. The number of methoxy groups -OCH3 is 1. The molecule has 2 aromatic heterocycles. The maximum atomic E-state index is 5.53. The maximum absolute atomic E-state index is 5.53. The molecule has 0 saturated heterocycles. The molecule has 0 aliphatic rings. The first kappa shape index (κ1) is 11.5. The van der Waals surface area contributed by atoms with Crippen LogP contribution in [0.3, 0.4) is 0 Å². The van der Waals surface area contributed by atoms with Crippen molar-refractivity contribution >= 4 is 0 Å². The van der Waals surface area contributed by atoms with E-state index in [0.717, 1.165) is 11.4 Å². The summed E-state index contributed by atoms with van der Waals surface area (Å²) in [4.78, 5) is 8.38. The van der Waals surface area contributed by atoms with Gasteiger partial charge in [-0.2, -0.15) is 5.10 Å². The van der Waals surface area contributed by atoms with Crippen LogP contribution in [0.15, 0.2) is 24.7 Å². The molecule has 0 N–H and O–H groups in total. The van der Waals surface area contributed by atoms with Crippen molar-refractivity contribution in [1.29, 1.82) is 0 Å². The Balaban J connectivity index is 1.96. The van der Waals surface area contributed by atoms with Crippen molar-refractivity contribution in [3.05, 3.63) is 36.2 Å². The summed E-state index contributed by atoms with van der Waals surface area (Å²) in [5.41, 5.74) is 0.816. The van der Waals surface area contributed by atoms with Gasteiger partial charge in [0.25, 0.3) is 0 Å². The third kappa shape index (κ3) is 3.25. The van der Waals surface area contributed by atoms with Crippen LogP contribution in [0.25, 0.3) is 0 Å². The molecular weight excluding hydrogens is 220 g/mol. The zero-order chi connectivity index (χ0) is 12.1. The van der Waals surface area contributed by atoms with Gasteiger partial charge in [0, 0.05) is 20.4 Å². The highest BCUT2D eigenvalue weighted by atomic mass is 16.5.